The van der Waals surface area contributed by atoms with E-state index in [1.807, 2.05) is 16.9 Å². The van der Waals surface area contributed by atoms with Crippen molar-refractivity contribution in [2.24, 2.45) is 0 Å². The van der Waals surface area contributed by atoms with Gasteiger partial charge in [-0.05, 0) is 0 Å². The number of rotatable bonds is 35. The summed E-state index contributed by atoms with van der Waals surface area (Å²) in [6, 6.07) is 5.59. The van der Waals surface area contributed by atoms with E-state index in [9.17, 15) is 0 Å². The summed E-state index contributed by atoms with van der Waals surface area (Å²) in [5, 5.41) is 0. The average molecular weight is 997 g/mol. The van der Waals surface area contributed by atoms with Gasteiger partial charge in [-0.3, -0.25) is 0 Å². The minimum atomic E-state index is -2.33. The molecule has 0 aliphatic rings. The van der Waals surface area contributed by atoms with Gasteiger partial charge in [0.05, 0.1) is 0 Å². The third-order valence-electron chi connectivity index (χ3n) is 12.1. The molecule has 0 N–H and O–H groups in total. The molecule has 2 aromatic heterocycles. The molecular weight excluding hydrogens is 902 g/mol. The SMILES string of the molecule is CCCCCCCCCCCCC(CCCCC)c1cc(-c2cc(C(CCCCC)CCCCCCCCCCCC)[c]([Sn]([CH3])([CH3])[CH3])s2)s[c]1[Sn]([CH3])([CH3])[CH3]. The van der Waals surface area contributed by atoms with E-state index in [2.05, 4.69) is 92.1 Å². The molecule has 0 amide bonds. The monoisotopic (exact) mass is 998 g/mol. The van der Waals surface area contributed by atoms with Crippen molar-refractivity contribution in [2.45, 2.75) is 262 Å². The average Bonchev–Trinajstić information content (AvgIpc) is 3.78. The van der Waals surface area contributed by atoms with Crippen molar-refractivity contribution < 1.29 is 0 Å². The van der Waals surface area contributed by atoms with Crippen LogP contribution in [0.2, 0.25) is 29.6 Å². The van der Waals surface area contributed by atoms with E-state index in [0.717, 1.165) is 11.8 Å². The van der Waals surface area contributed by atoms with Crippen LogP contribution in [0.5, 0.6) is 0 Å². The van der Waals surface area contributed by atoms with E-state index in [1.54, 1.807) is 9.75 Å². The Labute approximate surface area is 356 Å². The Morgan fingerprint density at radius 3 is 0.833 bits per heavy atom. The molecule has 0 fully saturated rings. The Morgan fingerprint density at radius 1 is 0.352 bits per heavy atom. The van der Waals surface area contributed by atoms with Crippen molar-refractivity contribution in [1.82, 2.24) is 0 Å². The third-order valence-corrected chi connectivity index (χ3v) is 33.6. The van der Waals surface area contributed by atoms with Crippen LogP contribution in [-0.4, -0.2) is 36.8 Å². The molecule has 2 atom stereocenters. The van der Waals surface area contributed by atoms with Gasteiger partial charge in [-0.25, -0.2) is 0 Å². The second-order valence-corrected chi connectivity index (χ2v) is 52.3. The molecular formula is C50H94S2Sn2. The van der Waals surface area contributed by atoms with E-state index in [-0.39, 0.29) is 0 Å². The quantitative estimate of drug-likeness (QED) is 0.0477. The Hall–Kier alpha value is 0.997. The van der Waals surface area contributed by atoms with Gasteiger partial charge in [0.1, 0.15) is 0 Å². The van der Waals surface area contributed by atoms with E-state index >= 15 is 0 Å². The van der Waals surface area contributed by atoms with Crippen molar-refractivity contribution in [3.8, 4) is 9.75 Å². The Bertz CT molecular complexity index is 1090. The Morgan fingerprint density at radius 2 is 0.574 bits per heavy atom. The second-order valence-electron chi connectivity index (χ2n) is 19.6. The summed E-state index contributed by atoms with van der Waals surface area (Å²) in [6.07, 6.45) is 42.8. The van der Waals surface area contributed by atoms with Crippen LogP contribution in [0.15, 0.2) is 12.1 Å². The first-order valence-electron chi connectivity index (χ1n) is 24.3. The summed E-state index contributed by atoms with van der Waals surface area (Å²) < 4.78 is 3.79. The van der Waals surface area contributed by atoms with Crippen LogP contribution in [0, 0.1) is 0 Å². The molecule has 2 rings (SSSR count). The summed E-state index contributed by atoms with van der Waals surface area (Å²) in [5.41, 5.74) is 3.65. The topological polar surface area (TPSA) is 0 Å². The zero-order chi connectivity index (χ0) is 39.7. The molecule has 2 heterocycles. The fourth-order valence-electron chi connectivity index (χ4n) is 8.78. The molecule has 0 saturated carbocycles. The van der Waals surface area contributed by atoms with E-state index in [4.69, 9.17) is 0 Å². The zero-order valence-electron chi connectivity index (χ0n) is 38.3. The molecule has 0 saturated heterocycles. The molecule has 2 aromatic rings. The van der Waals surface area contributed by atoms with Gasteiger partial charge in [-0.2, -0.15) is 0 Å². The summed E-state index contributed by atoms with van der Waals surface area (Å²) in [6.45, 7) is 9.42. The van der Waals surface area contributed by atoms with Gasteiger partial charge in [0, 0.05) is 0 Å². The molecule has 0 aliphatic carbocycles. The van der Waals surface area contributed by atoms with Gasteiger partial charge in [-0.15, -0.1) is 0 Å². The molecule has 0 radical (unpaired) electrons. The fraction of sp³-hybridized carbons (Fsp3) is 0.840. The number of thiophene rings is 2. The zero-order valence-corrected chi connectivity index (χ0v) is 45.7. The normalized spacial score (nSPS) is 13.6. The van der Waals surface area contributed by atoms with Crippen LogP contribution in [0.1, 0.15) is 243 Å². The first kappa shape index (κ1) is 51.1. The Balaban J connectivity index is 2.27. The minimum absolute atomic E-state index is 0.778. The van der Waals surface area contributed by atoms with Crippen LogP contribution in [0.25, 0.3) is 9.75 Å². The van der Waals surface area contributed by atoms with E-state index in [1.165, 1.54) is 193 Å². The molecule has 0 spiro atoms. The maximum atomic E-state index is 2.79. The van der Waals surface area contributed by atoms with Crippen molar-refractivity contribution in [3.05, 3.63) is 23.3 Å². The third kappa shape index (κ3) is 20.8. The standard InChI is InChI=1S/C44H76S2.6CH3.2Sn/c1-5-9-13-15-17-19-21-23-25-29-33-39(31-27-11-7-3)41-35-43(45-37-41)44-36-42(38-46-44)40(32-28-12-8-4)34-30-26-24-22-20-18-16-14-10-6-2;;;;;;;;/h35-36,39-40H,5-34H2,1-4H3;6*1H3;;. The summed E-state index contributed by atoms with van der Waals surface area (Å²) >= 11 is -0.104. The molecule has 0 aromatic carbocycles. The molecule has 54 heavy (non-hydrogen) atoms. The summed E-state index contributed by atoms with van der Waals surface area (Å²) in [5.74, 6) is 1.56. The first-order chi connectivity index (χ1) is 26.0. The second kappa shape index (κ2) is 30.1. The summed E-state index contributed by atoms with van der Waals surface area (Å²) in [7, 11) is 0. The van der Waals surface area contributed by atoms with Gasteiger partial charge in [-0.1, -0.05) is 39.5 Å². The number of hydrogen-bond donors (Lipinski definition) is 0. The van der Waals surface area contributed by atoms with E-state index in [0.29, 0.717) is 0 Å². The van der Waals surface area contributed by atoms with Crippen LogP contribution in [0.3, 0.4) is 0 Å². The van der Waals surface area contributed by atoms with Gasteiger partial charge < -0.3 is 0 Å². The van der Waals surface area contributed by atoms with Gasteiger partial charge in [0.25, 0.3) is 0 Å². The van der Waals surface area contributed by atoms with Gasteiger partial charge in [0.15, 0.2) is 0 Å². The van der Waals surface area contributed by atoms with Crippen molar-refractivity contribution in [2.75, 3.05) is 0 Å². The molecule has 0 bridgehead atoms. The predicted molar refractivity (Wildman–Crippen MR) is 260 cm³/mol. The van der Waals surface area contributed by atoms with E-state index < -0.39 is 36.8 Å². The molecule has 4 heteroatoms. The fourth-order valence-corrected chi connectivity index (χ4v) is 25.1. The van der Waals surface area contributed by atoms with Gasteiger partial charge >= 0.3 is 320 Å². The van der Waals surface area contributed by atoms with Crippen LogP contribution < -0.4 is 5.79 Å². The van der Waals surface area contributed by atoms with Crippen molar-refractivity contribution in [3.63, 3.8) is 0 Å². The number of unbranched alkanes of at least 4 members (excludes halogenated alkanes) is 22. The summed E-state index contributed by atoms with van der Waals surface area (Å²) in [4.78, 5) is 19.5. The van der Waals surface area contributed by atoms with Crippen LogP contribution in [-0.2, 0) is 0 Å². The van der Waals surface area contributed by atoms with Crippen LogP contribution in [0.4, 0.5) is 0 Å². The van der Waals surface area contributed by atoms with Crippen molar-refractivity contribution in [1.29, 1.82) is 0 Å². The first-order valence-corrected chi connectivity index (χ1v) is 45.9. The maximum absolute atomic E-state index is 2.79. The van der Waals surface area contributed by atoms with Crippen molar-refractivity contribution >= 4 is 65.2 Å². The molecule has 0 nitrogen and oxygen atoms in total. The predicted octanol–water partition coefficient (Wildman–Crippen LogP) is 18.5. The molecule has 2 unspecified atom stereocenters. The number of hydrogen-bond acceptors (Lipinski definition) is 2. The van der Waals surface area contributed by atoms with Gasteiger partial charge in [0.2, 0.25) is 0 Å². The van der Waals surface area contributed by atoms with Crippen LogP contribution >= 0.6 is 22.7 Å². The Kier molecular flexibility index (Phi) is 28.5. The molecule has 314 valence electrons. The molecule has 0 aliphatic heterocycles.